The lowest BCUT2D eigenvalue weighted by Gasteiger charge is -2.58. The Morgan fingerprint density at radius 1 is 0.409 bits per heavy atom. The molecule has 0 aromatic rings. The molecule has 0 aromatic heterocycles. The summed E-state index contributed by atoms with van der Waals surface area (Å²) < 4.78 is 0. The van der Waals surface area contributed by atoms with Crippen LogP contribution in [0.15, 0.2) is 12.2 Å². The van der Waals surface area contributed by atoms with Gasteiger partial charge in [-0.25, -0.2) is 0 Å². The van der Waals surface area contributed by atoms with Gasteiger partial charge < -0.3 is 0 Å². The normalized spacial score (nSPS) is 61.5. The van der Waals surface area contributed by atoms with Crippen LogP contribution in [0.3, 0.4) is 0 Å². The second-order valence-electron chi connectivity index (χ2n) is 10.9. The third kappa shape index (κ3) is 1.88. The lowest BCUT2D eigenvalue weighted by atomic mass is 9.47. The summed E-state index contributed by atoms with van der Waals surface area (Å²) in [5.74, 6) is 6.62. The molecule has 0 aliphatic heterocycles. The summed E-state index contributed by atoms with van der Waals surface area (Å²) in [4.78, 5) is 0. The predicted octanol–water partition coefficient (Wildman–Crippen LogP) is 5.98. The third-order valence-electron chi connectivity index (χ3n) is 8.96. The summed E-state index contributed by atoms with van der Waals surface area (Å²) in [5.41, 5.74) is 1.33. The van der Waals surface area contributed by atoms with Gasteiger partial charge in [-0.2, -0.15) is 0 Å². The van der Waals surface area contributed by atoms with E-state index in [0.29, 0.717) is 10.8 Å². The fourth-order valence-corrected chi connectivity index (χ4v) is 9.12. The number of hydrogen-bond acceptors (Lipinski definition) is 0. The molecule has 0 nitrogen and oxygen atoms in total. The van der Waals surface area contributed by atoms with Crippen molar-refractivity contribution in [2.24, 2.45) is 46.3 Å². The first-order chi connectivity index (χ1) is 10.7. The molecule has 0 aromatic carbocycles. The maximum absolute atomic E-state index is 2.84. The molecule has 8 aliphatic carbocycles. The molecule has 22 heavy (non-hydrogen) atoms. The molecule has 0 saturated heterocycles. The van der Waals surface area contributed by atoms with Gasteiger partial charge in [0, 0.05) is 0 Å². The van der Waals surface area contributed by atoms with Gasteiger partial charge in [-0.05, 0) is 123 Å². The fraction of sp³-hybridized carbons (Fsp3) is 0.909. The van der Waals surface area contributed by atoms with Crippen molar-refractivity contribution < 1.29 is 0 Å². The highest BCUT2D eigenvalue weighted by Gasteiger charge is 2.52. The molecule has 0 atom stereocenters. The zero-order valence-corrected chi connectivity index (χ0v) is 14.1. The van der Waals surface area contributed by atoms with Gasteiger partial charge >= 0.3 is 0 Å². The molecule has 0 radical (unpaired) electrons. The lowest BCUT2D eigenvalue weighted by molar-refractivity contribution is -0.0337. The van der Waals surface area contributed by atoms with E-state index >= 15 is 0 Å². The summed E-state index contributed by atoms with van der Waals surface area (Å²) in [5, 5.41) is 0. The van der Waals surface area contributed by atoms with Crippen LogP contribution < -0.4 is 0 Å². The first kappa shape index (κ1) is 13.1. The summed E-state index contributed by atoms with van der Waals surface area (Å²) in [6.45, 7) is 0. The Morgan fingerprint density at radius 3 is 0.864 bits per heavy atom. The second kappa shape index (κ2) is 4.22. The highest BCUT2D eigenvalue weighted by Crippen LogP contribution is 2.63. The topological polar surface area (TPSA) is 0 Å². The predicted molar refractivity (Wildman–Crippen MR) is 90.4 cm³/mol. The van der Waals surface area contributed by atoms with E-state index in [9.17, 15) is 0 Å². The van der Waals surface area contributed by atoms with Gasteiger partial charge in [0.1, 0.15) is 0 Å². The first-order valence-electron chi connectivity index (χ1n) is 10.4. The molecule has 0 heteroatoms. The summed E-state index contributed by atoms with van der Waals surface area (Å²) in [7, 11) is 0. The van der Waals surface area contributed by atoms with Crippen molar-refractivity contribution in [3.8, 4) is 0 Å². The lowest BCUT2D eigenvalue weighted by Crippen LogP contribution is -2.47. The molecule has 0 spiro atoms. The average Bonchev–Trinajstić information content (AvgIpc) is 2.42. The standard InChI is InChI=1S/C22H32/c1(21-9-15-3-16(10-21)5-17(4-15)11-21)2-22-12-18-6-19(13-22)8-20(7-18)14-22/h1-2,15-20H,3-14H2. The molecule has 0 heterocycles. The largest absolute Gasteiger partial charge is 0.0817 e. The molecule has 8 rings (SSSR count). The van der Waals surface area contributed by atoms with Crippen molar-refractivity contribution in [2.45, 2.75) is 77.0 Å². The SMILES string of the molecule is C(=CC12CC3CC(CC(C3)C1)C2)C12CC3CC(CC(C3)C1)C2. The Labute approximate surface area is 136 Å². The molecule has 0 N–H and O–H groups in total. The van der Waals surface area contributed by atoms with Crippen LogP contribution in [0.5, 0.6) is 0 Å². The van der Waals surface area contributed by atoms with Gasteiger partial charge in [0.15, 0.2) is 0 Å². The van der Waals surface area contributed by atoms with E-state index < -0.39 is 0 Å². The van der Waals surface area contributed by atoms with Gasteiger partial charge in [0.25, 0.3) is 0 Å². The quantitative estimate of drug-likeness (QED) is 0.550. The molecule has 8 aliphatic rings. The van der Waals surface area contributed by atoms with Crippen LogP contribution in [-0.4, -0.2) is 0 Å². The van der Waals surface area contributed by atoms with Gasteiger partial charge in [-0.15, -0.1) is 0 Å². The van der Waals surface area contributed by atoms with Crippen molar-refractivity contribution in [2.75, 3.05) is 0 Å². The zero-order chi connectivity index (χ0) is 14.4. The van der Waals surface area contributed by atoms with Crippen LogP contribution >= 0.6 is 0 Å². The van der Waals surface area contributed by atoms with Crippen LogP contribution in [-0.2, 0) is 0 Å². The van der Waals surface area contributed by atoms with Gasteiger partial charge in [0.2, 0.25) is 0 Å². The van der Waals surface area contributed by atoms with Crippen LogP contribution in [0.2, 0.25) is 0 Å². The zero-order valence-electron chi connectivity index (χ0n) is 14.1. The second-order valence-corrected chi connectivity index (χ2v) is 10.9. The minimum atomic E-state index is 0.665. The molecular weight excluding hydrogens is 264 g/mol. The highest BCUT2D eigenvalue weighted by atomic mass is 14.6. The third-order valence-corrected chi connectivity index (χ3v) is 8.96. The van der Waals surface area contributed by atoms with Crippen molar-refractivity contribution in [1.29, 1.82) is 0 Å². The van der Waals surface area contributed by atoms with E-state index in [1.807, 2.05) is 0 Å². The fourth-order valence-electron chi connectivity index (χ4n) is 9.12. The van der Waals surface area contributed by atoms with E-state index in [2.05, 4.69) is 12.2 Å². The van der Waals surface area contributed by atoms with Crippen LogP contribution in [0.4, 0.5) is 0 Å². The molecule has 8 saturated carbocycles. The van der Waals surface area contributed by atoms with E-state index in [1.54, 1.807) is 77.0 Å². The molecule has 8 bridgehead atoms. The van der Waals surface area contributed by atoms with E-state index in [-0.39, 0.29) is 0 Å². The smallest absolute Gasteiger partial charge is 0.0110 e. The Bertz CT molecular complexity index is 394. The molecule has 0 amide bonds. The minimum absolute atomic E-state index is 0.665. The monoisotopic (exact) mass is 296 g/mol. The number of rotatable bonds is 2. The van der Waals surface area contributed by atoms with E-state index in [0.717, 1.165) is 35.5 Å². The van der Waals surface area contributed by atoms with E-state index in [1.165, 1.54) is 0 Å². The first-order valence-corrected chi connectivity index (χ1v) is 10.4. The summed E-state index contributed by atoms with van der Waals surface area (Å²) in [6, 6.07) is 0. The van der Waals surface area contributed by atoms with Crippen molar-refractivity contribution in [1.82, 2.24) is 0 Å². The maximum Gasteiger partial charge on any atom is -0.0110 e. The van der Waals surface area contributed by atoms with Gasteiger partial charge in [-0.1, -0.05) is 12.2 Å². The summed E-state index contributed by atoms with van der Waals surface area (Å²) >= 11 is 0. The number of hydrogen-bond donors (Lipinski definition) is 0. The van der Waals surface area contributed by atoms with Crippen LogP contribution in [0, 0.1) is 46.3 Å². The van der Waals surface area contributed by atoms with Crippen molar-refractivity contribution >= 4 is 0 Å². The Kier molecular flexibility index (Phi) is 2.51. The maximum atomic E-state index is 2.84. The molecule has 8 fully saturated rings. The molecule has 120 valence electrons. The van der Waals surface area contributed by atoms with Crippen LogP contribution in [0.25, 0.3) is 0 Å². The Morgan fingerprint density at radius 2 is 0.636 bits per heavy atom. The van der Waals surface area contributed by atoms with Gasteiger partial charge in [-0.3, -0.25) is 0 Å². The van der Waals surface area contributed by atoms with Crippen LogP contribution in [0.1, 0.15) is 77.0 Å². The van der Waals surface area contributed by atoms with Gasteiger partial charge in [0.05, 0.1) is 0 Å². The Hall–Kier alpha value is -0.260. The number of allylic oxidation sites excluding steroid dienone is 2. The van der Waals surface area contributed by atoms with Crippen molar-refractivity contribution in [3.63, 3.8) is 0 Å². The summed E-state index contributed by atoms with van der Waals surface area (Å²) in [6.07, 6.45) is 24.5. The minimum Gasteiger partial charge on any atom is -0.0817 e. The molecule has 0 unspecified atom stereocenters. The van der Waals surface area contributed by atoms with E-state index in [4.69, 9.17) is 0 Å². The molecular formula is C22H32. The average molecular weight is 296 g/mol. The van der Waals surface area contributed by atoms with Crippen molar-refractivity contribution in [3.05, 3.63) is 12.2 Å². The Balaban J connectivity index is 1.29. The highest BCUT2D eigenvalue weighted by molar-refractivity contribution is 5.17.